The normalized spacial score (nSPS) is 13.7. The molecule has 5 heterocycles. The van der Waals surface area contributed by atoms with Crippen molar-refractivity contribution < 1.29 is 78.8 Å². The van der Waals surface area contributed by atoms with Crippen LogP contribution in [0.25, 0.3) is 11.1 Å². The second-order valence-corrected chi connectivity index (χ2v) is 28.7. The van der Waals surface area contributed by atoms with Gasteiger partial charge < -0.3 is 44.0 Å². The molecule has 0 radical (unpaired) electrons. The SMILES string of the molecule is CCc1cc(C)cc(CC)c1-c1c(OC(=O)C(C)(C)C)n2n(c1=O)CCOCC2.COc1ccccc1C(=O)NS(=O)(=O)c1ccc(C(=O)NC2CC2)cc1.C[C@@H](Oc1ccc(Oc2ncc(Cl)cc2F)cc1)C(=O)O.Cc1c(C(=O)c2c[nH]n(C)c2=O)ccc(S(C)(=O)=O)c1C1=NOCC1. The number of H-pyrrole nitrogens is 1. The summed E-state index contributed by atoms with van der Waals surface area (Å²) in [7, 11) is -4.69. The number of ketones is 1. The first-order valence-electron chi connectivity index (χ1n) is 31.9. The predicted molar refractivity (Wildman–Crippen MR) is 372 cm³/mol. The molecule has 0 spiro atoms. The Balaban J connectivity index is 0.000000172. The number of aliphatic carboxylic acids is 1. The maximum Gasteiger partial charge on any atom is 0.344 e. The van der Waals surface area contributed by atoms with Crippen LogP contribution in [-0.4, -0.2) is 127 Å². The number of carbonyl (C=O) groups is 5. The van der Waals surface area contributed by atoms with Gasteiger partial charge in [0, 0.05) is 54.9 Å². The molecule has 1 atom stereocenters. The molecule has 26 nitrogen and oxygen atoms in total. The van der Waals surface area contributed by atoms with Crippen molar-refractivity contribution >= 4 is 66.7 Å². The van der Waals surface area contributed by atoms with E-state index in [4.69, 9.17) is 45.2 Å². The summed E-state index contributed by atoms with van der Waals surface area (Å²) in [6, 6.07) is 26.2. The van der Waals surface area contributed by atoms with Crippen LogP contribution in [0.2, 0.25) is 5.02 Å². The van der Waals surface area contributed by atoms with Gasteiger partial charge in [-0.3, -0.25) is 33.4 Å². The highest BCUT2D eigenvalue weighted by molar-refractivity contribution is 7.91. The Kier molecular flexibility index (Phi) is 24.9. The van der Waals surface area contributed by atoms with Crippen molar-refractivity contribution in [2.45, 2.75) is 123 Å². The minimum atomic E-state index is -4.07. The molecule has 0 unspecified atom stereocenters. The summed E-state index contributed by atoms with van der Waals surface area (Å²) in [5.41, 5.74) is 5.58. The van der Waals surface area contributed by atoms with Crippen molar-refractivity contribution in [3.63, 3.8) is 0 Å². The van der Waals surface area contributed by atoms with E-state index in [1.54, 1.807) is 34.5 Å². The number of oxime groups is 1. The van der Waals surface area contributed by atoms with Crippen LogP contribution >= 0.6 is 11.6 Å². The van der Waals surface area contributed by atoms with Crippen molar-refractivity contribution in [1.82, 2.24) is 34.2 Å². The van der Waals surface area contributed by atoms with E-state index in [1.165, 1.54) is 110 Å². The summed E-state index contributed by atoms with van der Waals surface area (Å²) in [5, 5.41) is 18.3. The van der Waals surface area contributed by atoms with Gasteiger partial charge >= 0.3 is 11.9 Å². The van der Waals surface area contributed by atoms with Crippen molar-refractivity contribution in [1.29, 1.82) is 0 Å². The number of esters is 1. The van der Waals surface area contributed by atoms with Gasteiger partial charge in [0.25, 0.3) is 38.8 Å². The molecule has 5 aromatic carbocycles. The van der Waals surface area contributed by atoms with E-state index in [0.29, 0.717) is 84.7 Å². The highest BCUT2D eigenvalue weighted by Crippen LogP contribution is 2.37. The van der Waals surface area contributed by atoms with E-state index in [1.807, 2.05) is 25.5 Å². The van der Waals surface area contributed by atoms with Crippen LogP contribution in [0.4, 0.5) is 4.39 Å². The third-order valence-corrected chi connectivity index (χ3v) is 18.6. The van der Waals surface area contributed by atoms with E-state index in [2.05, 4.69) is 53.5 Å². The van der Waals surface area contributed by atoms with Crippen molar-refractivity contribution in [3.8, 4) is 40.1 Å². The number of sulfonamides is 1. The number of aromatic amines is 1. The zero-order chi connectivity index (χ0) is 73.8. The summed E-state index contributed by atoms with van der Waals surface area (Å²) >= 11 is 5.59. The number of carboxylic acid groups (broad SMARTS) is 1. The summed E-state index contributed by atoms with van der Waals surface area (Å²) < 4.78 is 96.2. The van der Waals surface area contributed by atoms with Crippen LogP contribution in [0.3, 0.4) is 0 Å². The number of aryl methyl sites for hydroxylation is 4. The Morgan fingerprint density at radius 1 is 0.802 bits per heavy atom. The van der Waals surface area contributed by atoms with E-state index < -0.39 is 60.4 Å². The molecular formula is C71H78ClFN8O18S2. The second-order valence-electron chi connectivity index (χ2n) is 24.6. The zero-order valence-electron chi connectivity index (χ0n) is 57.4. The number of fused-ring (bicyclic) bond motifs is 1. The number of halogens is 2. The van der Waals surface area contributed by atoms with Gasteiger partial charge in [-0.1, -0.05) is 60.4 Å². The van der Waals surface area contributed by atoms with Gasteiger partial charge in [0.2, 0.25) is 5.88 Å². The largest absolute Gasteiger partial charge is 0.496 e. The molecule has 101 heavy (non-hydrogen) atoms. The van der Waals surface area contributed by atoms with E-state index >= 15 is 0 Å². The van der Waals surface area contributed by atoms with Gasteiger partial charge in [-0.05, 0) is 168 Å². The lowest BCUT2D eigenvalue weighted by Crippen LogP contribution is -2.31. The molecule has 4 N–H and O–H groups in total. The molecular weight excluding hydrogens is 1370 g/mol. The van der Waals surface area contributed by atoms with Crippen LogP contribution in [-0.2, 0) is 72.0 Å². The molecule has 2 amide bonds. The van der Waals surface area contributed by atoms with Gasteiger partial charge in [0.15, 0.2) is 27.5 Å². The number of pyridine rings is 1. The van der Waals surface area contributed by atoms with E-state index in [0.717, 1.165) is 54.7 Å². The number of hydrogen-bond donors (Lipinski definition) is 4. The average molecular weight is 1450 g/mol. The monoisotopic (exact) mass is 1450 g/mol. The molecule has 11 rings (SSSR count). The first-order chi connectivity index (χ1) is 47.8. The van der Waals surface area contributed by atoms with Gasteiger partial charge in [-0.15, -0.1) is 0 Å². The third kappa shape index (κ3) is 19.0. The number of carbonyl (C=O) groups excluding carboxylic acids is 4. The van der Waals surface area contributed by atoms with Crippen molar-refractivity contribution in [3.05, 3.63) is 197 Å². The predicted octanol–water partition coefficient (Wildman–Crippen LogP) is 9.74. The fourth-order valence-electron chi connectivity index (χ4n) is 10.4. The lowest BCUT2D eigenvalue weighted by atomic mass is 9.91. The highest BCUT2D eigenvalue weighted by Gasteiger charge is 2.33. The first-order valence-corrected chi connectivity index (χ1v) is 35.7. The van der Waals surface area contributed by atoms with Crippen LogP contribution in [0, 0.1) is 25.1 Å². The maximum absolute atomic E-state index is 13.5. The van der Waals surface area contributed by atoms with Gasteiger partial charge in [0.1, 0.15) is 35.0 Å². The van der Waals surface area contributed by atoms with Crippen LogP contribution in [0.1, 0.15) is 125 Å². The minimum Gasteiger partial charge on any atom is -0.496 e. The molecule has 30 heteroatoms. The quantitative estimate of drug-likeness (QED) is 0.0432. The zero-order valence-corrected chi connectivity index (χ0v) is 59.8. The topological polar surface area (TPSA) is 343 Å². The smallest absolute Gasteiger partial charge is 0.344 e. The van der Waals surface area contributed by atoms with Crippen LogP contribution in [0.15, 0.2) is 140 Å². The molecule has 3 aromatic heterocycles. The molecule has 1 fully saturated rings. The maximum atomic E-state index is 13.5. The third-order valence-electron chi connectivity index (χ3n) is 15.9. The number of aromatic nitrogens is 5. The van der Waals surface area contributed by atoms with E-state index in [-0.39, 0.29) is 66.6 Å². The lowest BCUT2D eigenvalue weighted by Gasteiger charge is -2.19. The summed E-state index contributed by atoms with van der Waals surface area (Å²) in [5.74, 6) is -2.50. The fourth-order valence-corrected chi connectivity index (χ4v) is 12.5. The second kappa shape index (κ2) is 32.8. The van der Waals surface area contributed by atoms with Crippen LogP contribution < -0.4 is 40.1 Å². The number of ether oxygens (including phenoxy) is 5. The Hall–Kier alpha value is -10.2. The van der Waals surface area contributed by atoms with Gasteiger partial charge in [-0.2, -0.15) is 0 Å². The van der Waals surface area contributed by atoms with Crippen molar-refractivity contribution in [2.24, 2.45) is 17.6 Å². The fraction of sp³-hybridized carbons (Fsp3) is 0.338. The number of carboxylic acids is 1. The number of sulfone groups is 1. The first kappa shape index (κ1) is 76.5. The molecule has 1 saturated carbocycles. The summed E-state index contributed by atoms with van der Waals surface area (Å²) in [6.45, 7) is 17.0. The highest BCUT2D eigenvalue weighted by atomic mass is 35.5. The Labute approximate surface area is 587 Å². The molecule has 1 aliphatic carbocycles. The molecule has 536 valence electrons. The summed E-state index contributed by atoms with van der Waals surface area (Å²) in [4.78, 5) is 94.7. The number of amides is 2. The van der Waals surface area contributed by atoms with Gasteiger partial charge in [-0.25, -0.2) is 45.1 Å². The average Bonchev–Trinajstić information content (AvgIpc) is 1.63. The Morgan fingerprint density at radius 3 is 1.99 bits per heavy atom. The van der Waals surface area contributed by atoms with E-state index in [9.17, 15) is 54.8 Å². The standard InChI is InChI=1S/C23H32N2O4.C18H18N2O5S.C16H17N3O5S.C14H11ClFNO4/c1-7-16-13-15(3)14-17(8-2)18(16)19-20(26)24-9-11-28-12-10-25(24)21(19)29-22(27)23(4,5)6;1-25-16-5-3-2-4-15(16)18(22)20-26(23,24)14-10-6-12(7-11-14)17(21)19-13-8-9-13;1-9-10(15(20)11-8-17-19(2)16(11)21)4-5-13(25(3,22)23)14(9)12-6-7-24-18-12;1-8(14(18)19)20-10-2-4-11(5-3-10)21-13-12(16)6-9(15)7-17-13/h13-14H,7-12H2,1-6H3;2-7,10-11,13H,8-9H2,1H3,(H,19,21)(H,20,22);4-5,8,17H,6-7H2,1-3H3;2-8H,1H3,(H,18,19)/t;;;8-/m...1/s1. The number of rotatable bonds is 19. The number of methoxy groups -OCH3 is 1. The molecule has 0 bridgehead atoms. The molecule has 8 aromatic rings. The van der Waals surface area contributed by atoms with Gasteiger partial charge in [0.05, 0.1) is 64.9 Å². The molecule has 2 aliphatic heterocycles. The Bertz CT molecular complexity index is 4800. The minimum absolute atomic E-state index is 0.00623. The number of benzene rings is 5. The number of nitrogens with zero attached hydrogens (tertiary/aromatic N) is 5. The number of para-hydroxylation sites is 1. The summed E-state index contributed by atoms with van der Waals surface area (Å²) in [6.07, 6.45) is 6.72. The Morgan fingerprint density at radius 2 is 1.44 bits per heavy atom. The lowest BCUT2D eigenvalue weighted by molar-refractivity contribution is -0.144. The number of nitrogens with one attached hydrogen (secondary N) is 3. The van der Waals surface area contributed by atoms with Crippen LogP contribution in [0.5, 0.6) is 29.0 Å². The van der Waals surface area contributed by atoms with Crippen molar-refractivity contribution in [2.75, 3.05) is 33.2 Å². The molecule has 0 saturated heterocycles. The molecule has 3 aliphatic rings. The number of hydrogen-bond acceptors (Lipinski definition) is 19.